The van der Waals surface area contributed by atoms with Crippen LogP contribution < -0.4 is 20.3 Å². The lowest BCUT2D eigenvalue weighted by Gasteiger charge is -2.08. The summed E-state index contributed by atoms with van der Waals surface area (Å²) in [6.45, 7) is -0.208. The molecule has 3 aromatic carbocycles. The minimum absolute atomic E-state index is 0.208. The minimum Gasteiger partial charge on any atom is -0.497 e. The molecular weight excluding hydrogens is 356 g/mol. The van der Waals surface area contributed by atoms with E-state index in [0.29, 0.717) is 5.75 Å². The maximum Gasteiger partial charge on any atom is 0.276 e. The third-order valence-corrected chi connectivity index (χ3v) is 3.96. The first-order chi connectivity index (χ1) is 13.6. The summed E-state index contributed by atoms with van der Waals surface area (Å²) in [5.74, 6) is 0.411. The van der Waals surface area contributed by atoms with Crippen molar-refractivity contribution in [1.82, 2.24) is 10.9 Å². The molecule has 3 rings (SSSR count). The topological polar surface area (TPSA) is 76.7 Å². The summed E-state index contributed by atoms with van der Waals surface area (Å²) >= 11 is 0. The summed E-state index contributed by atoms with van der Waals surface area (Å²) < 4.78 is 10.5. The van der Waals surface area contributed by atoms with Crippen LogP contribution in [0.4, 0.5) is 0 Å². The molecule has 6 nitrogen and oxygen atoms in total. The van der Waals surface area contributed by atoms with Crippen molar-refractivity contribution in [1.29, 1.82) is 0 Å². The number of carbonyl (C=O) groups excluding carboxylic acids is 2. The van der Waals surface area contributed by atoms with E-state index in [2.05, 4.69) is 10.9 Å². The fraction of sp³-hybridized carbons (Fsp3) is 0.0909. The lowest BCUT2D eigenvalue weighted by Crippen LogP contribution is -2.43. The second kappa shape index (κ2) is 9.23. The molecule has 0 aromatic heterocycles. The van der Waals surface area contributed by atoms with Gasteiger partial charge in [0.05, 0.1) is 7.11 Å². The Labute approximate surface area is 162 Å². The smallest absolute Gasteiger partial charge is 0.276 e. The molecule has 0 radical (unpaired) electrons. The van der Waals surface area contributed by atoms with Crippen LogP contribution >= 0.6 is 0 Å². The van der Waals surface area contributed by atoms with Gasteiger partial charge in [-0.25, -0.2) is 0 Å². The van der Waals surface area contributed by atoms with Gasteiger partial charge < -0.3 is 9.47 Å². The second-order valence-corrected chi connectivity index (χ2v) is 5.94. The number of nitrogens with one attached hydrogen (secondary N) is 2. The quantitative estimate of drug-likeness (QED) is 0.512. The van der Waals surface area contributed by atoms with Gasteiger partial charge in [-0.3, -0.25) is 20.4 Å². The van der Waals surface area contributed by atoms with Gasteiger partial charge in [0.25, 0.3) is 11.8 Å². The largest absolute Gasteiger partial charge is 0.497 e. The van der Waals surface area contributed by atoms with E-state index in [4.69, 9.17) is 9.47 Å². The predicted molar refractivity (Wildman–Crippen MR) is 108 cm³/mol. The van der Waals surface area contributed by atoms with Gasteiger partial charge in [0, 0.05) is 6.08 Å². The summed E-state index contributed by atoms with van der Waals surface area (Å²) in [5.41, 5.74) is 5.46. The van der Waals surface area contributed by atoms with Crippen LogP contribution in [0.3, 0.4) is 0 Å². The number of hydrogen-bond acceptors (Lipinski definition) is 4. The first-order valence-corrected chi connectivity index (χ1v) is 8.66. The van der Waals surface area contributed by atoms with Crippen molar-refractivity contribution in [2.45, 2.75) is 0 Å². The molecule has 0 spiro atoms. The molecule has 2 N–H and O–H groups in total. The van der Waals surface area contributed by atoms with Crippen LogP contribution in [-0.4, -0.2) is 25.5 Å². The molecule has 0 atom stereocenters. The van der Waals surface area contributed by atoms with Gasteiger partial charge >= 0.3 is 0 Å². The van der Waals surface area contributed by atoms with Gasteiger partial charge in [-0.15, -0.1) is 0 Å². The first-order valence-electron chi connectivity index (χ1n) is 8.66. The molecule has 142 valence electrons. The molecule has 3 aromatic rings. The number of rotatable bonds is 6. The van der Waals surface area contributed by atoms with Crippen LogP contribution in [0.1, 0.15) is 5.56 Å². The third-order valence-electron chi connectivity index (χ3n) is 3.96. The molecule has 2 amide bonds. The third kappa shape index (κ3) is 5.35. The summed E-state index contributed by atoms with van der Waals surface area (Å²) in [7, 11) is 1.59. The van der Waals surface area contributed by atoms with Crippen molar-refractivity contribution < 1.29 is 19.1 Å². The first kappa shape index (κ1) is 19.0. The monoisotopic (exact) mass is 376 g/mol. The molecule has 0 saturated heterocycles. The highest BCUT2D eigenvalue weighted by molar-refractivity contribution is 5.93. The maximum atomic E-state index is 11.8. The molecule has 0 aliphatic rings. The van der Waals surface area contributed by atoms with Crippen LogP contribution in [0.25, 0.3) is 16.8 Å². The van der Waals surface area contributed by atoms with E-state index in [1.807, 2.05) is 48.5 Å². The van der Waals surface area contributed by atoms with Gasteiger partial charge in [0.1, 0.15) is 11.5 Å². The molecule has 0 heterocycles. The number of hydrazine groups is 1. The van der Waals surface area contributed by atoms with Crippen LogP contribution in [0.2, 0.25) is 0 Å². The zero-order valence-electron chi connectivity index (χ0n) is 15.3. The molecule has 0 saturated carbocycles. The van der Waals surface area contributed by atoms with E-state index >= 15 is 0 Å². The Bertz CT molecular complexity index is 997. The summed E-state index contributed by atoms with van der Waals surface area (Å²) in [4.78, 5) is 23.6. The van der Waals surface area contributed by atoms with Crippen molar-refractivity contribution in [2.75, 3.05) is 13.7 Å². The lowest BCUT2D eigenvalue weighted by molar-refractivity contribution is -0.128. The van der Waals surface area contributed by atoms with Gasteiger partial charge in [-0.1, -0.05) is 42.5 Å². The highest BCUT2D eigenvalue weighted by Gasteiger charge is 2.04. The van der Waals surface area contributed by atoms with Gasteiger partial charge in [-0.05, 0) is 46.7 Å². The van der Waals surface area contributed by atoms with Gasteiger partial charge in [0.2, 0.25) is 0 Å². The molecular formula is C22H20N2O4. The molecule has 0 aliphatic carbocycles. The summed E-state index contributed by atoms with van der Waals surface area (Å²) in [6, 6.07) is 20.7. The fourth-order valence-electron chi connectivity index (χ4n) is 2.50. The zero-order valence-corrected chi connectivity index (χ0v) is 15.3. The van der Waals surface area contributed by atoms with Crippen molar-refractivity contribution in [3.8, 4) is 11.5 Å². The average molecular weight is 376 g/mol. The summed E-state index contributed by atoms with van der Waals surface area (Å²) in [6.07, 6.45) is 2.96. The van der Waals surface area contributed by atoms with Crippen LogP contribution in [-0.2, 0) is 9.59 Å². The number of fused-ring (bicyclic) bond motifs is 1. The van der Waals surface area contributed by atoms with E-state index < -0.39 is 11.8 Å². The fourth-order valence-corrected chi connectivity index (χ4v) is 2.50. The molecule has 0 unspecified atom stereocenters. The lowest BCUT2D eigenvalue weighted by atomic mass is 10.1. The Morgan fingerprint density at radius 1 is 0.893 bits per heavy atom. The second-order valence-electron chi connectivity index (χ2n) is 5.94. The van der Waals surface area contributed by atoms with Crippen LogP contribution in [0.5, 0.6) is 11.5 Å². The molecule has 28 heavy (non-hydrogen) atoms. The van der Waals surface area contributed by atoms with Crippen molar-refractivity contribution >= 4 is 28.7 Å². The number of amides is 2. The van der Waals surface area contributed by atoms with E-state index in [-0.39, 0.29) is 6.61 Å². The molecule has 0 fully saturated rings. The number of hydrogen-bond donors (Lipinski definition) is 2. The molecule has 6 heteroatoms. The number of methoxy groups -OCH3 is 1. The van der Waals surface area contributed by atoms with E-state index in [0.717, 1.165) is 22.1 Å². The van der Waals surface area contributed by atoms with Crippen molar-refractivity contribution in [2.24, 2.45) is 0 Å². The Morgan fingerprint density at radius 2 is 1.61 bits per heavy atom. The van der Waals surface area contributed by atoms with Crippen LogP contribution in [0.15, 0.2) is 72.8 Å². The highest BCUT2D eigenvalue weighted by atomic mass is 16.5. The Balaban J connectivity index is 1.43. The van der Waals surface area contributed by atoms with Crippen LogP contribution in [0, 0.1) is 0 Å². The molecule has 0 bridgehead atoms. The Morgan fingerprint density at radius 3 is 2.36 bits per heavy atom. The van der Waals surface area contributed by atoms with Gasteiger partial charge in [-0.2, -0.15) is 0 Å². The average Bonchev–Trinajstić information content (AvgIpc) is 2.75. The number of carbonyl (C=O) groups is 2. The maximum absolute atomic E-state index is 11.8. The van der Waals surface area contributed by atoms with E-state index in [1.54, 1.807) is 31.4 Å². The van der Waals surface area contributed by atoms with E-state index in [9.17, 15) is 9.59 Å². The number of benzene rings is 3. The highest BCUT2D eigenvalue weighted by Crippen LogP contribution is 2.20. The number of ether oxygens (including phenoxy) is 2. The van der Waals surface area contributed by atoms with E-state index in [1.165, 1.54) is 6.08 Å². The Kier molecular flexibility index (Phi) is 6.25. The Hall–Kier alpha value is -3.80. The van der Waals surface area contributed by atoms with Crippen molar-refractivity contribution in [3.63, 3.8) is 0 Å². The normalized spacial score (nSPS) is 10.6. The predicted octanol–water partition coefficient (Wildman–Crippen LogP) is 3.09. The summed E-state index contributed by atoms with van der Waals surface area (Å²) in [5, 5.41) is 2.12. The standard InChI is InChI=1S/C22H20N2O4/c1-27-19-10-6-16(7-11-19)8-13-21(25)23-24-22(26)15-28-20-12-9-17-4-2-3-5-18(17)14-20/h2-14H,15H2,1H3,(H,23,25)(H,24,26)/b13-8+. The zero-order chi connectivity index (χ0) is 19.8. The van der Waals surface area contributed by atoms with Crippen molar-refractivity contribution in [3.05, 3.63) is 78.4 Å². The van der Waals surface area contributed by atoms with Gasteiger partial charge in [0.15, 0.2) is 6.61 Å². The molecule has 0 aliphatic heterocycles. The SMILES string of the molecule is COc1ccc(/C=C/C(=O)NNC(=O)COc2ccc3ccccc3c2)cc1. The minimum atomic E-state index is -0.459.